The standard InChI is InChI=1S/C13H13ClN2/c1-8-4-2-7-10-11(8)15-13(14)16-12(10)9-5-3-6-9/h2,4,7,9H,3,5-6H2,1H3. The third kappa shape index (κ3) is 1.49. The lowest BCUT2D eigenvalue weighted by atomic mass is 9.81. The van der Waals surface area contributed by atoms with Crippen molar-refractivity contribution in [1.29, 1.82) is 0 Å². The first kappa shape index (κ1) is 10.0. The molecule has 1 aromatic carbocycles. The Labute approximate surface area is 99.7 Å². The van der Waals surface area contributed by atoms with Crippen molar-refractivity contribution in [1.82, 2.24) is 9.97 Å². The van der Waals surface area contributed by atoms with Gasteiger partial charge in [-0.05, 0) is 36.9 Å². The number of aromatic nitrogens is 2. The fourth-order valence-electron chi connectivity index (χ4n) is 2.28. The molecule has 0 bridgehead atoms. The second kappa shape index (κ2) is 3.70. The summed E-state index contributed by atoms with van der Waals surface area (Å²) in [6.45, 7) is 2.07. The Morgan fingerprint density at radius 3 is 2.75 bits per heavy atom. The predicted octanol–water partition coefficient (Wildman–Crippen LogP) is 3.86. The van der Waals surface area contributed by atoms with Gasteiger partial charge in [-0.2, -0.15) is 0 Å². The molecule has 0 amide bonds. The van der Waals surface area contributed by atoms with E-state index in [2.05, 4.69) is 35.1 Å². The summed E-state index contributed by atoms with van der Waals surface area (Å²) < 4.78 is 0. The molecule has 82 valence electrons. The summed E-state index contributed by atoms with van der Waals surface area (Å²) >= 11 is 6.00. The largest absolute Gasteiger partial charge is 0.223 e. The zero-order chi connectivity index (χ0) is 11.1. The Bertz CT molecular complexity index is 547. The fourth-order valence-corrected chi connectivity index (χ4v) is 2.46. The van der Waals surface area contributed by atoms with E-state index in [1.54, 1.807) is 0 Å². The average Bonchev–Trinajstić information content (AvgIpc) is 2.17. The third-order valence-electron chi connectivity index (χ3n) is 3.42. The minimum Gasteiger partial charge on any atom is -0.222 e. The molecule has 1 heterocycles. The van der Waals surface area contributed by atoms with Gasteiger partial charge in [-0.1, -0.05) is 24.6 Å². The summed E-state index contributed by atoms with van der Waals surface area (Å²) in [6.07, 6.45) is 3.77. The monoisotopic (exact) mass is 232 g/mol. The van der Waals surface area contributed by atoms with Gasteiger partial charge in [0, 0.05) is 11.3 Å². The summed E-state index contributed by atoms with van der Waals surface area (Å²) in [5.74, 6) is 0.588. The summed E-state index contributed by atoms with van der Waals surface area (Å²) in [5, 5.41) is 1.55. The second-order valence-electron chi connectivity index (χ2n) is 4.48. The van der Waals surface area contributed by atoms with Crippen LogP contribution in [0.25, 0.3) is 10.9 Å². The Morgan fingerprint density at radius 2 is 2.06 bits per heavy atom. The Hall–Kier alpha value is -1.15. The number of nitrogens with zero attached hydrogens (tertiary/aromatic N) is 2. The molecule has 2 aromatic rings. The number of halogens is 1. The molecular weight excluding hydrogens is 220 g/mol. The van der Waals surface area contributed by atoms with Gasteiger partial charge in [0.25, 0.3) is 0 Å². The van der Waals surface area contributed by atoms with Crippen LogP contribution in [0.15, 0.2) is 18.2 Å². The number of hydrogen-bond donors (Lipinski definition) is 0. The zero-order valence-electron chi connectivity index (χ0n) is 9.20. The Kier molecular flexibility index (Phi) is 2.32. The van der Waals surface area contributed by atoms with E-state index in [1.165, 1.54) is 30.2 Å². The number of benzene rings is 1. The molecule has 0 N–H and O–H groups in total. The molecule has 0 spiro atoms. The molecular formula is C13H13ClN2. The van der Waals surface area contributed by atoms with Gasteiger partial charge < -0.3 is 0 Å². The van der Waals surface area contributed by atoms with E-state index >= 15 is 0 Å². The normalized spacial score (nSPS) is 16.4. The number of rotatable bonds is 1. The molecule has 0 aliphatic heterocycles. The van der Waals surface area contributed by atoms with Gasteiger partial charge in [0.2, 0.25) is 5.28 Å². The highest BCUT2D eigenvalue weighted by Gasteiger charge is 2.24. The molecule has 3 rings (SSSR count). The van der Waals surface area contributed by atoms with Crippen LogP contribution >= 0.6 is 11.6 Å². The van der Waals surface area contributed by atoms with Crippen molar-refractivity contribution < 1.29 is 0 Å². The van der Waals surface area contributed by atoms with Gasteiger partial charge in [0.05, 0.1) is 11.2 Å². The van der Waals surface area contributed by atoms with Crippen molar-refractivity contribution in [2.24, 2.45) is 0 Å². The lowest BCUT2D eigenvalue weighted by Gasteiger charge is -2.25. The molecule has 1 fully saturated rings. The highest BCUT2D eigenvalue weighted by atomic mass is 35.5. The quantitative estimate of drug-likeness (QED) is 0.698. The minimum absolute atomic E-state index is 0.378. The number of aryl methyl sites for hydroxylation is 1. The first-order chi connectivity index (χ1) is 7.75. The molecule has 1 aliphatic carbocycles. The van der Waals surface area contributed by atoms with Crippen molar-refractivity contribution in [3.63, 3.8) is 0 Å². The molecule has 0 radical (unpaired) electrons. The molecule has 1 saturated carbocycles. The Balaban J connectivity index is 2.29. The molecule has 2 nitrogen and oxygen atoms in total. The highest BCUT2D eigenvalue weighted by Crippen LogP contribution is 2.38. The van der Waals surface area contributed by atoms with E-state index in [0.29, 0.717) is 11.2 Å². The van der Waals surface area contributed by atoms with Gasteiger partial charge in [-0.25, -0.2) is 9.97 Å². The van der Waals surface area contributed by atoms with Gasteiger partial charge in [-0.15, -0.1) is 0 Å². The molecule has 0 unspecified atom stereocenters. The van der Waals surface area contributed by atoms with E-state index in [1.807, 2.05) is 0 Å². The summed E-state index contributed by atoms with van der Waals surface area (Å²) in [6, 6.07) is 6.24. The van der Waals surface area contributed by atoms with Crippen molar-refractivity contribution >= 4 is 22.5 Å². The van der Waals surface area contributed by atoms with Crippen LogP contribution < -0.4 is 0 Å². The van der Waals surface area contributed by atoms with Crippen LogP contribution in [0.5, 0.6) is 0 Å². The average molecular weight is 233 g/mol. The van der Waals surface area contributed by atoms with Crippen molar-refractivity contribution in [3.8, 4) is 0 Å². The molecule has 1 aliphatic rings. The smallest absolute Gasteiger partial charge is 0.222 e. The van der Waals surface area contributed by atoms with E-state index in [-0.39, 0.29) is 0 Å². The number of para-hydroxylation sites is 1. The summed E-state index contributed by atoms with van der Waals surface area (Å²) in [5.41, 5.74) is 3.32. The Morgan fingerprint density at radius 1 is 1.25 bits per heavy atom. The SMILES string of the molecule is Cc1cccc2c(C3CCC3)nc(Cl)nc12. The third-order valence-corrected chi connectivity index (χ3v) is 3.59. The van der Waals surface area contributed by atoms with Gasteiger partial charge in [-0.3, -0.25) is 0 Å². The van der Waals surface area contributed by atoms with Crippen LogP contribution in [0.3, 0.4) is 0 Å². The maximum Gasteiger partial charge on any atom is 0.223 e. The van der Waals surface area contributed by atoms with Crippen LogP contribution in [0.4, 0.5) is 0 Å². The lowest BCUT2D eigenvalue weighted by Crippen LogP contribution is -2.12. The van der Waals surface area contributed by atoms with Crippen LogP contribution in [0.1, 0.15) is 36.4 Å². The maximum absolute atomic E-state index is 6.00. The van der Waals surface area contributed by atoms with Gasteiger partial charge >= 0.3 is 0 Å². The first-order valence-electron chi connectivity index (χ1n) is 5.68. The lowest BCUT2D eigenvalue weighted by molar-refractivity contribution is 0.413. The van der Waals surface area contributed by atoms with E-state index in [0.717, 1.165) is 11.2 Å². The van der Waals surface area contributed by atoms with E-state index in [9.17, 15) is 0 Å². The number of hydrogen-bond acceptors (Lipinski definition) is 2. The van der Waals surface area contributed by atoms with Crippen LogP contribution in [-0.2, 0) is 0 Å². The zero-order valence-corrected chi connectivity index (χ0v) is 9.96. The predicted molar refractivity (Wildman–Crippen MR) is 65.9 cm³/mol. The fraction of sp³-hybridized carbons (Fsp3) is 0.385. The van der Waals surface area contributed by atoms with Crippen molar-refractivity contribution in [2.75, 3.05) is 0 Å². The van der Waals surface area contributed by atoms with Crippen LogP contribution in [0.2, 0.25) is 5.28 Å². The van der Waals surface area contributed by atoms with E-state index in [4.69, 9.17) is 11.6 Å². The molecule has 1 aromatic heterocycles. The van der Waals surface area contributed by atoms with E-state index < -0.39 is 0 Å². The molecule has 0 saturated heterocycles. The van der Waals surface area contributed by atoms with Gasteiger partial charge in [0.1, 0.15) is 0 Å². The topological polar surface area (TPSA) is 25.8 Å². The van der Waals surface area contributed by atoms with Crippen LogP contribution in [0, 0.1) is 6.92 Å². The second-order valence-corrected chi connectivity index (χ2v) is 4.81. The van der Waals surface area contributed by atoms with Crippen LogP contribution in [-0.4, -0.2) is 9.97 Å². The minimum atomic E-state index is 0.378. The molecule has 16 heavy (non-hydrogen) atoms. The summed E-state index contributed by atoms with van der Waals surface area (Å²) in [7, 11) is 0. The summed E-state index contributed by atoms with van der Waals surface area (Å²) in [4.78, 5) is 8.75. The highest BCUT2D eigenvalue weighted by molar-refractivity contribution is 6.28. The molecule has 3 heteroatoms. The van der Waals surface area contributed by atoms with Crippen molar-refractivity contribution in [2.45, 2.75) is 32.1 Å². The van der Waals surface area contributed by atoms with Gasteiger partial charge in [0.15, 0.2) is 0 Å². The maximum atomic E-state index is 6.00. The number of fused-ring (bicyclic) bond motifs is 1. The first-order valence-corrected chi connectivity index (χ1v) is 6.06. The van der Waals surface area contributed by atoms with Crippen molar-refractivity contribution in [3.05, 3.63) is 34.7 Å². The molecule has 0 atom stereocenters.